The Morgan fingerprint density at radius 3 is 2.64 bits per heavy atom. The van der Waals surface area contributed by atoms with Crippen LogP contribution >= 0.6 is 0 Å². The van der Waals surface area contributed by atoms with E-state index in [9.17, 15) is 19.7 Å². The first kappa shape index (κ1) is 17.7. The second-order valence-electron chi connectivity index (χ2n) is 6.42. The molecule has 3 heterocycles. The number of fused-ring (bicyclic) bond motifs is 1. The molecule has 1 aromatic carbocycles. The number of aromatic nitrogens is 2. The molecular formula is C18H17N5O5. The summed E-state index contributed by atoms with van der Waals surface area (Å²) in [5, 5.41) is 10.9. The van der Waals surface area contributed by atoms with Crippen molar-refractivity contribution in [3.63, 3.8) is 0 Å². The summed E-state index contributed by atoms with van der Waals surface area (Å²) in [7, 11) is 0. The van der Waals surface area contributed by atoms with E-state index < -0.39 is 10.7 Å². The van der Waals surface area contributed by atoms with Crippen LogP contribution in [-0.2, 0) is 11.3 Å². The quantitative estimate of drug-likeness (QED) is 0.492. The molecular weight excluding hydrogens is 366 g/mol. The number of pyridine rings is 1. The summed E-state index contributed by atoms with van der Waals surface area (Å²) in [6.07, 6.45) is 1.73. The predicted molar refractivity (Wildman–Crippen MR) is 100 cm³/mol. The lowest BCUT2D eigenvalue weighted by molar-refractivity contribution is -0.384. The molecule has 1 aliphatic rings. The number of hydrogen-bond donors (Lipinski definition) is 0. The zero-order valence-corrected chi connectivity index (χ0v) is 14.9. The first-order chi connectivity index (χ1) is 13.5. The van der Waals surface area contributed by atoms with Crippen molar-refractivity contribution in [2.24, 2.45) is 0 Å². The number of hydrogen-bond acceptors (Lipinski definition) is 7. The highest BCUT2D eigenvalue weighted by atomic mass is 16.6. The molecule has 1 saturated heterocycles. The van der Waals surface area contributed by atoms with Crippen LogP contribution in [0.2, 0.25) is 0 Å². The van der Waals surface area contributed by atoms with Crippen LogP contribution in [-0.4, -0.2) is 51.5 Å². The molecule has 10 heteroatoms. The fraction of sp³-hybridized carbons (Fsp3) is 0.278. The number of benzene rings is 1. The third-order valence-electron chi connectivity index (χ3n) is 4.76. The van der Waals surface area contributed by atoms with Crippen molar-refractivity contribution >= 4 is 28.5 Å². The molecule has 0 atom stereocenters. The number of nitro benzene ring substituents is 1. The maximum absolute atomic E-state index is 12.7. The number of oxazole rings is 1. The van der Waals surface area contributed by atoms with Gasteiger partial charge in [0.2, 0.25) is 5.91 Å². The van der Waals surface area contributed by atoms with Gasteiger partial charge >= 0.3 is 5.76 Å². The predicted octanol–water partition coefficient (Wildman–Crippen LogP) is 1.25. The van der Waals surface area contributed by atoms with Crippen molar-refractivity contribution in [2.45, 2.75) is 6.54 Å². The standard InChI is InChI=1S/C18H17N5O5/c24-17(21-9-7-20(8-10-21)16-3-1-2-6-19-16)12-22-14-5-4-13(23(26)27)11-15(14)28-18(22)25/h1-6,11H,7-10,12H2. The second kappa shape index (κ2) is 7.14. The van der Waals surface area contributed by atoms with Crippen LogP contribution in [0.1, 0.15) is 0 Å². The van der Waals surface area contributed by atoms with E-state index in [2.05, 4.69) is 9.88 Å². The first-order valence-electron chi connectivity index (χ1n) is 8.74. The smallest absolute Gasteiger partial charge is 0.407 e. The molecule has 4 rings (SSSR count). The van der Waals surface area contributed by atoms with E-state index in [1.54, 1.807) is 11.1 Å². The Balaban J connectivity index is 1.46. The zero-order valence-electron chi connectivity index (χ0n) is 14.9. The summed E-state index contributed by atoms with van der Waals surface area (Å²) >= 11 is 0. The highest BCUT2D eigenvalue weighted by Crippen LogP contribution is 2.20. The molecule has 144 valence electrons. The highest BCUT2D eigenvalue weighted by molar-refractivity contribution is 5.81. The molecule has 0 spiro atoms. The maximum atomic E-state index is 12.7. The summed E-state index contributed by atoms with van der Waals surface area (Å²) in [6.45, 7) is 2.16. The van der Waals surface area contributed by atoms with Crippen molar-refractivity contribution in [2.75, 3.05) is 31.1 Å². The fourth-order valence-corrected chi connectivity index (χ4v) is 3.28. The summed E-state index contributed by atoms with van der Waals surface area (Å²) in [5.74, 6) is -0.0481. The molecule has 1 amide bonds. The lowest BCUT2D eigenvalue weighted by Crippen LogP contribution is -2.50. The molecule has 0 bridgehead atoms. The Kier molecular flexibility index (Phi) is 4.52. The van der Waals surface area contributed by atoms with Crippen molar-refractivity contribution in [3.8, 4) is 0 Å². The molecule has 10 nitrogen and oxygen atoms in total. The van der Waals surface area contributed by atoms with E-state index in [0.717, 1.165) is 5.82 Å². The summed E-state index contributed by atoms with van der Waals surface area (Å²) in [6, 6.07) is 9.58. The van der Waals surface area contributed by atoms with Gasteiger partial charge in [-0.25, -0.2) is 9.78 Å². The van der Waals surface area contributed by atoms with E-state index >= 15 is 0 Å². The van der Waals surface area contributed by atoms with Crippen LogP contribution in [0.25, 0.3) is 11.1 Å². The molecule has 1 aliphatic heterocycles. The molecule has 3 aromatic rings. The van der Waals surface area contributed by atoms with Gasteiger partial charge in [0.1, 0.15) is 12.4 Å². The minimum Gasteiger partial charge on any atom is -0.407 e. The van der Waals surface area contributed by atoms with Gasteiger partial charge in [-0.3, -0.25) is 19.5 Å². The van der Waals surface area contributed by atoms with Crippen LogP contribution in [0.4, 0.5) is 11.5 Å². The average Bonchev–Trinajstić information content (AvgIpc) is 3.03. The Hall–Kier alpha value is -3.69. The number of anilines is 1. The van der Waals surface area contributed by atoms with Crippen LogP contribution in [0.15, 0.2) is 51.8 Å². The monoisotopic (exact) mass is 383 g/mol. The molecule has 0 radical (unpaired) electrons. The maximum Gasteiger partial charge on any atom is 0.420 e. The van der Waals surface area contributed by atoms with Crippen LogP contribution < -0.4 is 10.7 Å². The molecule has 0 saturated carbocycles. The van der Waals surface area contributed by atoms with Gasteiger partial charge in [-0.2, -0.15) is 0 Å². The van der Waals surface area contributed by atoms with Gasteiger partial charge in [0, 0.05) is 38.4 Å². The Labute approximate surface area is 158 Å². The largest absolute Gasteiger partial charge is 0.420 e. The van der Waals surface area contributed by atoms with E-state index in [0.29, 0.717) is 31.7 Å². The Morgan fingerprint density at radius 2 is 1.96 bits per heavy atom. The number of amides is 1. The first-order valence-corrected chi connectivity index (χ1v) is 8.74. The second-order valence-corrected chi connectivity index (χ2v) is 6.42. The summed E-state index contributed by atoms with van der Waals surface area (Å²) in [4.78, 5) is 43.2. The number of carbonyl (C=O) groups excluding carboxylic acids is 1. The summed E-state index contributed by atoms with van der Waals surface area (Å²) in [5.41, 5.74) is 0.272. The van der Waals surface area contributed by atoms with E-state index in [-0.39, 0.29) is 23.7 Å². The van der Waals surface area contributed by atoms with Crippen molar-refractivity contribution < 1.29 is 14.1 Å². The molecule has 0 N–H and O–H groups in total. The Bertz CT molecular complexity index is 1080. The fourth-order valence-electron chi connectivity index (χ4n) is 3.28. The van der Waals surface area contributed by atoms with Crippen LogP contribution in [0.3, 0.4) is 0 Å². The number of nitro groups is 1. The number of rotatable bonds is 4. The highest BCUT2D eigenvalue weighted by Gasteiger charge is 2.24. The summed E-state index contributed by atoms with van der Waals surface area (Å²) < 4.78 is 6.27. The Morgan fingerprint density at radius 1 is 1.18 bits per heavy atom. The van der Waals surface area contributed by atoms with Gasteiger partial charge < -0.3 is 14.2 Å². The third kappa shape index (κ3) is 3.31. The SMILES string of the molecule is O=C(Cn1c(=O)oc2cc([N+](=O)[O-])ccc21)N1CCN(c2ccccn2)CC1. The van der Waals surface area contributed by atoms with Crippen LogP contribution in [0.5, 0.6) is 0 Å². The number of piperazine rings is 1. The molecule has 28 heavy (non-hydrogen) atoms. The van der Waals surface area contributed by atoms with Gasteiger partial charge in [-0.15, -0.1) is 0 Å². The number of nitrogens with zero attached hydrogens (tertiary/aromatic N) is 5. The normalized spacial score (nSPS) is 14.4. The van der Waals surface area contributed by atoms with E-state index in [1.165, 1.54) is 22.8 Å². The average molecular weight is 383 g/mol. The lowest BCUT2D eigenvalue weighted by Gasteiger charge is -2.35. The van der Waals surface area contributed by atoms with Gasteiger partial charge in [-0.1, -0.05) is 6.07 Å². The minimum atomic E-state index is -0.712. The molecule has 0 unspecified atom stereocenters. The molecule has 2 aromatic heterocycles. The van der Waals surface area contributed by atoms with E-state index in [4.69, 9.17) is 4.42 Å². The topological polar surface area (TPSA) is 115 Å². The van der Waals surface area contributed by atoms with Crippen LogP contribution in [0, 0.1) is 10.1 Å². The third-order valence-corrected chi connectivity index (χ3v) is 4.76. The van der Waals surface area contributed by atoms with Gasteiger partial charge in [0.15, 0.2) is 5.58 Å². The van der Waals surface area contributed by atoms with Crippen molar-refractivity contribution in [1.29, 1.82) is 0 Å². The zero-order chi connectivity index (χ0) is 19.7. The lowest BCUT2D eigenvalue weighted by atomic mass is 10.2. The van der Waals surface area contributed by atoms with Crippen molar-refractivity contribution in [3.05, 3.63) is 63.3 Å². The molecule has 0 aliphatic carbocycles. The van der Waals surface area contributed by atoms with Gasteiger partial charge in [-0.05, 0) is 18.2 Å². The van der Waals surface area contributed by atoms with Crippen molar-refractivity contribution in [1.82, 2.24) is 14.5 Å². The number of non-ortho nitro benzene ring substituents is 1. The number of carbonyl (C=O) groups is 1. The molecule has 1 fully saturated rings. The minimum absolute atomic E-state index is 0.0898. The van der Waals surface area contributed by atoms with Gasteiger partial charge in [0.05, 0.1) is 16.5 Å². The van der Waals surface area contributed by atoms with Gasteiger partial charge in [0.25, 0.3) is 5.69 Å². The van der Waals surface area contributed by atoms with E-state index in [1.807, 2.05) is 18.2 Å².